The third-order valence-electron chi connectivity index (χ3n) is 4.63. The van der Waals surface area contributed by atoms with Crippen molar-refractivity contribution in [3.05, 3.63) is 53.9 Å². The van der Waals surface area contributed by atoms with E-state index in [-0.39, 0.29) is 36.3 Å². The fourth-order valence-corrected chi connectivity index (χ4v) is 2.54. The third-order valence-corrected chi connectivity index (χ3v) is 4.63. The van der Waals surface area contributed by atoms with Gasteiger partial charge in [0.15, 0.2) is 11.5 Å². The van der Waals surface area contributed by atoms with Crippen LogP contribution >= 0.6 is 24.8 Å². The summed E-state index contributed by atoms with van der Waals surface area (Å²) in [6.45, 7) is 7.23. The summed E-state index contributed by atoms with van der Waals surface area (Å²) in [5.41, 5.74) is 7.35. The summed E-state index contributed by atoms with van der Waals surface area (Å²) < 4.78 is 11.5. The fourth-order valence-electron chi connectivity index (χ4n) is 2.54. The SMILES string of the molecule is CCOc1cc(C(=O)NCC(N)(CC)CC)ccc1OCc1cccnc1.Cl.Cl. The summed E-state index contributed by atoms with van der Waals surface area (Å²) in [7, 11) is 0. The Balaban J connectivity index is 0.00000392. The largest absolute Gasteiger partial charge is 0.490 e. The zero-order chi connectivity index (χ0) is 19.7. The average Bonchev–Trinajstić information content (AvgIpc) is 2.71. The minimum Gasteiger partial charge on any atom is -0.490 e. The Morgan fingerprint density at radius 2 is 1.83 bits per heavy atom. The van der Waals surface area contributed by atoms with E-state index in [1.54, 1.807) is 30.6 Å². The van der Waals surface area contributed by atoms with E-state index >= 15 is 0 Å². The van der Waals surface area contributed by atoms with Gasteiger partial charge in [-0.2, -0.15) is 0 Å². The molecule has 0 aliphatic heterocycles. The maximum Gasteiger partial charge on any atom is 0.251 e. The number of nitrogens with two attached hydrogens (primary N) is 1. The molecule has 1 aromatic carbocycles. The summed E-state index contributed by atoms with van der Waals surface area (Å²) in [4.78, 5) is 16.6. The van der Waals surface area contributed by atoms with Gasteiger partial charge >= 0.3 is 0 Å². The molecule has 1 heterocycles. The maximum absolute atomic E-state index is 12.5. The standard InChI is InChI=1S/C21H29N3O3.2ClH/c1-4-21(22,5-2)15-24-20(25)17-9-10-18(19(12-17)26-6-3)27-14-16-8-7-11-23-13-16;;/h7-13H,4-6,14-15,22H2,1-3H3,(H,24,25);2*1H. The monoisotopic (exact) mass is 443 g/mol. The first-order valence-electron chi connectivity index (χ1n) is 9.37. The molecule has 3 N–H and O–H groups in total. The molecular weight excluding hydrogens is 413 g/mol. The minimum absolute atomic E-state index is 0. The van der Waals surface area contributed by atoms with Crippen LogP contribution in [0.3, 0.4) is 0 Å². The molecule has 0 aliphatic rings. The number of nitrogens with zero attached hydrogens (tertiary/aromatic N) is 1. The van der Waals surface area contributed by atoms with Crippen LogP contribution in [0.2, 0.25) is 0 Å². The van der Waals surface area contributed by atoms with Gasteiger partial charge in [0, 0.05) is 35.6 Å². The Labute approximate surface area is 185 Å². The zero-order valence-electron chi connectivity index (χ0n) is 17.1. The summed E-state index contributed by atoms with van der Waals surface area (Å²) in [6.07, 6.45) is 5.07. The van der Waals surface area contributed by atoms with E-state index in [1.807, 2.05) is 32.9 Å². The third kappa shape index (κ3) is 8.09. The number of aromatic nitrogens is 1. The lowest BCUT2D eigenvalue weighted by atomic mass is 9.94. The van der Waals surface area contributed by atoms with Crippen molar-refractivity contribution in [1.29, 1.82) is 0 Å². The minimum atomic E-state index is -0.384. The molecule has 0 radical (unpaired) electrons. The number of hydrogen-bond acceptors (Lipinski definition) is 5. The molecule has 1 amide bonds. The van der Waals surface area contributed by atoms with Crippen molar-refractivity contribution in [2.24, 2.45) is 5.73 Å². The van der Waals surface area contributed by atoms with E-state index in [0.717, 1.165) is 18.4 Å². The van der Waals surface area contributed by atoms with Crippen LogP contribution in [0.4, 0.5) is 0 Å². The van der Waals surface area contributed by atoms with Crippen molar-refractivity contribution >= 4 is 30.7 Å². The molecule has 0 aliphatic carbocycles. The topological polar surface area (TPSA) is 86.5 Å². The van der Waals surface area contributed by atoms with Gasteiger partial charge in [0.1, 0.15) is 6.61 Å². The van der Waals surface area contributed by atoms with Gasteiger partial charge in [0.25, 0.3) is 5.91 Å². The number of ether oxygens (including phenoxy) is 2. The fraction of sp³-hybridized carbons (Fsp3) is 0.429. The molecule has 8 heteroatoms. The van der Waals surface area contributed by atoms with Crippen molar-refractivity contribution in [3.63, 3.8) is 0 Å². The van der Waals surface area contributed by atoms with Gasteiger partial charge < -0.3 is 20.5 Å². The quantitative estimate of drug-likeness (QED) is 0.575. The van der Waals surface area contributed by atoms with Gasteiger partial charge in [0.05, 0.1) is 6.61 Å². The normalized spacial score (nSPS) is 10.3. The highest BCUT2D eigenvalue weighted by atomic mass is 35.5. The van der Waals surface area contributed by atoms with E-state index in [0.29, 0.717) is 36.8 Å². The van der Waals surface area contributed by atoms with Crippen LogP contribution in [0.5, 0.6) is 11.5 Å². The molecule has 0 atom stereocenters. The number of hydrogen-bond donors (Lipinski definition) is 2. The maximum atomic E-state index is 12.5. The second-order valence-electron chi connectivity index (χ2n) is 6.50. The Bertz CT molecular complexity index is 741. The van der Waals surface area contributed by atoms with Crippen LogP contribution in [-0.2, 0) is 6.61 Å². The van der Waals surface area contributed by atoms with Crippen LogP contribution < -0.4 is 20.5 Å². The molecule has 2 rings (SSSR count). The second-order valence-corrected chi connectivity index (χ2v) is 6.50. The van der Waals surface area contributed by atoms with Crippen LogP contribution in [0.25, 0.3) is 0 Å². The zero-order valence-corrected chi connectivity index (χ0v) is 18.8. The van der Waals surface area contributed by atoms with Gasteiger partial charge in [-0.3, -0.25) is 9.78 Å². The number of amides is 1. The highest BCUT2D eigenvalue weighted by molar-refractivity contribution is 5.95. The molecule has 29 heavy (non-hydrogen) atoms. The van der Waals surface area contributed by atoms with E-state index in [4.69, 9.17) is 15.2 Å². The molecule has 2 aromatic rings. The summed E-state index contributed by atoms with van der Waals surface area (Å²) >= 11 is 0. The summed E-state index contributed by atoms with van der Waals surface area (Å²) in [6, 6.07) is 8.99. The molecule has 6 nitrogen and oxygen atoms in total. The van der Waals surface area contributed by atoms with Gasteiger partial charge in [0.2, 0.25) is 0 Å². The number of carbonyl (C=O) groups excluding carboxylic acids is 1. The van der Waals surface area contributed by atoms with Crippen LogP contribution in [0, 0.1) is 0 Å². The lowest BCUT2D eigenvalue weighted by molar-refractivity contribution is 0.0941. The van der Waals surface area contributed by atoms with Gasteiger partial charge in [-0.1, -0.05) is 19.9 Å². The average molecular weight is 444 g/mol. The molecule has 0 bridgehead atoms. The van der Waals surface area contributed by atoms with Gasteiger partial charge in [-0.15, -0.1) is 24.8 Å². The van der Waals surface area contributed by atoms with Crippen molar-refractivity contribution in [1.82, 2.24) is 10.3 Å². The smallest absolute Gasteiger partial charge is 0.251 e. The van der Waals surface area contributed by atoms with Crippen molar-refractivity contribution in [2.45, 2.75) is 45.8 Å². The van der Waals surface area contributed by atoms with Crippen molar-refractivity contribution in [3.8, 4) is 11.5 Å². The number of rotatable bonds is 10. The lowest BCUT2D eigenvalue weighted by Gasteiger charge is -2.26. The summed E-state index contributed by atoms with van der Waals surface area (Å²) in [5, 5.41) is 2.92. The number of benzene rings is 1. The lowest BCUT2D eigenvalue weighted by Crippen LogP contribution is -2.49. The summed E-state index contributed by atoms with van der Waals surface area (Å²) in [5.74, 6) is 0.957. The van der Waals surface area contributed by atoms with Gasteiger partial charge in [-0.05, 0) is 44.0 Å². The molecule has 0 saturated carbocycles. The first-order valence-corrected chi connectivity index (χ1v) is 9.37. The predicted octanol–water partition coefficient (Wildman–Crippen LogP) is 4.15. The molecule has 162 valence electrons. The highest BCUT2D eigenvalue weighted by Crippen LogP contribution is 2.29. The van der Waals surface area contributed by atoms with E-state index in [9.17, 15) is 4.79 Å². The van der Waals surface area contributed by atoms with E-state index in [2.05, 4.69) is 10.3 Å². The van der Waals surface area contributed by atoms with Gasteiger partial charge in [-0.25, -0.2) is 0 Å². The Morgan fingerprint density at radius 3 is 2.41 bits per heavy atom. The second kappa shape index (κ2) is 13.2. The first-order chi connectivity index (χ1) is 13.0. The first kappa shape index (κ1) is 27.0. The van der Waals surface area contributed by atoms with Crippen molar-refractivity contribution < 1.29 is 14.3 Å². The Morgan fingerprint density at radius 1 is 1.10 bits per heavy atom. The molecule has 0 unspecified atom stereocenters. The van der Waals surface area contributed by atoms with E-state index < -0.39 is 0 Å². The molecule has 0 spiro atoms. The Kier molecular flexibility index (Phi) is 12.3. The van der Waals surface area contributed by atoms with Crippen LogP contribution in [0.1, 0.15) is 49.5 Å². The molecule has 0 saturated heterocycles. The molecule has 0 fully saturated rings. The number of halogens is 2. The Hall–Kier alpha value is -2.02. The highest BCUT2D eigenvalue weighted by Gasteiger charge is 2.21. The van der Waals surface area contributed by atoms with Crippen LogP contribution in [-0.4, -0.2) is 29.6 Å². The number of nitrogens with one attached hydrogen (secondary N) is 1. The predicted molar refractivity (Wildman–Crippen MR) is 121 cm³/mol. The molecule has 1 aromatic heterocycles. The number of carbonyl (C=O) groups is 1. The van der Waals surface area contributed by atoms with E-state index in [1.165, 1.54) is 0 Å². The van der Waals surface area contributed by atoms with Crippen molar-refractivity contribution in [2.75, 3.05) is 13.2 Å². The molecular formula is C21H31Cl2N3O3. The van der Waals surface area contributed by atoms with Crippen LogP contribution in [0.15, 0.2) is 42.7 Å². The number of pyridine rings is 1.